The van der Waals surface area contributed by atoms with Crippen LogP contribution in [0.4, 0.5) is 4.79 Å². The number of carbonyl (C=O) groups is 3. The van der Waals surface area contributed by atoms with Gasteiger partial charge in [0.15, 0.2) is 0 Å². The molecule has 0 bridgehead atoms. The Bertz CT molecular complexity index is 742. The number of unbranched alkanes of at least 4 members (excludes halogenated alkanes) is 1. The standard InChI is InChI=1S/C22H30N2O5/c1-3-5-6-16(4-2)15-29-20(26)11-12-24-21(27)19(23-22(24)28)13-17-7-9-18(14-25)10-8-17/h7-10,13,16,25H,3-6,11-12,14-15H2,1-2H3,(H,23,28). The van der Waals surface area contributed by atoms with Gasteiger partial charge in [-0.05, 0) is 29.5 Å². The zero-order valence-electron chi connectivity index (χ0n) is 17.1. The molecule has 1 fully saturated rings. The van der Waals surface area contributed by atoms with Crippen LogP contribution in [0, 0.1) is 5.92 Å². The van der Waals surface area contributed by atoms with E-state index in [0.29, 0.717) is 12.5 Å². The average Bonchev–Trinajstić information content (AvgIpc) is 2.99. The Kier molecular flexibility index (Phi) is 8.86. The number of aliphatic hydroxyl groups is 1. The maximum Gasteiger partial charge on any atom is 0.329 e. The number of benzene rings is 1. The van der Waals surface area contributed by atoms with Crippen LogP contribution < -0.4 is 5.32 Å². The third-order valence-electron chi connectivity index (χ3n) is 5.00. The van der Waals surface area contributed by atoms with Gasteiger partial charge in [0.25, 0.3) is 5.91 Å². The second kappa shape index (κ2) is 11.4. The molecule has 1 atom stereocenters. The zero-order chi connectivity index (χ0) is 21.2. The first-order valence-electron chi connectivity index (χ1n) is 10.2. The van der Waals surface area contributed by atoms with Gasteiger partial charge >= 0.3 is 12.0 Å². The van der Waals surface area contributed by atoms with E-state index in [9.17, 15) is 14.4 Å². The van der Waals surface area contributed by atoms with E-state index in [2.05, 4.69) is 19.2 Å². The number of rotatable bonds is 11. The molecule has 158 valence electrons. The van der Waals surface area contributed by atoms with Gasteiger partial charge in [-0.1, -0.05) is 57.4 Å². The van der Waals surface area contributed by atoms with E-state index in [4.69, 9.17) is 9.84 Å². The number of esters is 1. The number of amides is 3. The average molecular weight is 402 g/mol. The molecule has 0 radical (unpaired) electrons. The molecule has 2 rings (SSSR count). The minimum absolute atomic E-state index is 0.0178. The first-order chi connectivity index (χ1) is 14.0. The number of ether oxygens (including phenoxy) is 1. The van der Waals surface area contributed by atoms with Crippen molar-refractivity contribution in [2.24, 2.45) is 5.92 Å². The van der Waals surface area contributed by atoms with Gasteiger partial charge in [0.05, 0.1) is 19.6 Å². The van der Waals surface area contributed by atoms with Gasteiger partial charge in [-0.15, -0.1) is 0 Å². The summed E-state index contributed by atoms with van der Waals surface area (Å²) in [5, 5.41) is 11.6. The molecule has 1 heterocycles. The lowest BCUT2D eigenvalue weighted by molar-refractivity contribution is -0.145. The van der Waals surface area contributed by atoms with Crippen LogP contribution in [0.3, 0.4) is 0 Å². The second-order valence-corrected chi connectivity index (χ2v) is 7.19. The van der Waals surface area contributed by atoms with Crippen molar-refractivity contribution in [2.45, 2.75) is 52.6 Å². The molecule has 1 aromatic rings. The van der Waals surface area contributed by atoms with Crippen LogP contribution in [0.5, 0.6) is 0 Å². The number of imide groups is 1. The minimum Gasteiger partial charge on any atom is -0.465 e. The van der Waals surface area contributed by atoms with E-state index in [1.54, 1.807) is 30.3 Å². The molecular weight excluding hydrogens is 372 g/mol. The predicted molar refractivity (Wildman–Crippen MR) is 109 cm³/mol. The van der Waals surface area contributed by atoms with Crippen molar-refractivity contribution in [3.63, 3.8) is 0 Å². The van der Waals surface area contributed by atoms with Crippen molar-refractivity contribution in [2.75, 3.05) is 13.2 Å². The highest BCUT2D eigenvalue weighted by Gasteiger charge is 2.33. The molecule has 0 saturated carbocycles. The summed E-state index contributed by atoms with van der Waals surface area (Å²) in [5.74, 6) is -0.525. The fourth-order valence-electron chi connectivity index (χ4n) is 3.04. The lowest BCUT2D eigenvalue weighted by atomic mass is 10.0. The highest BCUT2D eigenvalue weighted by atomic mass is 16.5. The minimum atomic E-state index is -0.546. The maximum absolute atomic E-state index is 12.5. The SMILES string of the molecule is CCCCC(CC)COC(=O)CCN1C(=O)NC(=Cc2ccc(CO)cc2)C1=O. The maximum atomic E-state index is 12.5. The Morgan fingerprint density at radius 3 is 2.59 bits per heavy atom. The molecule has 7 heteroatoms. The summed E-state index contributed by atoms with van der Waals surface area (Å²) in [7, 11) is 0. The van der Waals surface area contributed by atoms with Crippen molar-refractivity contribution in [3.8, 4) is 0 Å². The zero-order valence-corrected chi connectivity index (χ0v) is 17.1. The van der Waals surface area contributed by atoms with Crippen molar-refractivity contribution < 1.29 is 24.2 Å². The predicted octanol–water partition coefficient (Wildman–Crippen LogP) is 3.22. The van der Waals surface area contributed by atoms with E-state index >= 15 is 0 Å². The summed E-state index contributed by atoms with van der Waals surface area (Å²) >= 11 is 0. The van der Waals surface area contributed by atoms with Crippen LogP contribution in [0.1, 0.15) is 57.1 Å². The van der Waals surface area contributed by atoms with Gasteiger partial charge in [0, 0.05) is 6.54 Å². The van der Waals surface area contributed by atoms with Gasteiger partial charge < -0.3 is 15.2 Å². The molecule has 3 amide bonds. The van der Waals surface area contributed by atoms with Gasteiger partial charge in [-0.2, -0.15) is 0 Å². The van der Waals surface area contributed by atoms with E-state index in [1.807, 2.05) is 0 Å². The first kappa shape index (κ1) is 22.6. The normalized spacial score (nSPS) is 16.2. The van der Waals surface area contributed by atoms with E-state index in [-0.39, 0.29) is 25.3 Å². The number of aliphatic hydroxyl groups excluding tert-OH is 1. The van der Waals surface area contributed by atoms with E-state index in [1.165, 1.54) is 0 Å². The van der Waals surface area contributed by atoms with Crippen LogP contribution in [0.15, 0.2) is 30.0 Å². The van der Waals surface area contributed by atoms with E-state index < -0.39 is 17.9 Å². The summed E-state index contributed by atoms with van der Waals surface area (Å²) in [4.78, 5) is 37.6. The first-order valence-corrected chi connectivity index (χ1v) is 10.2. The molecule has 29 heavy (non-hydrogen) atoms. The Labute approximate surface area is 171 Å². The molecule has 0 aliphatic carbocycles. The molecule has 1 aliphatic rings. The largest absolute Gasteiger partial charge is 0.465 e. The quantitative estimate of drug-likeness (QED) is 0.337. The van der Waals surface area contributed by atoms with Crippen LogP contribution in [-0.2, 0) is 20.9 Å². The molecule has 0 spiro atoms. The number of hydrogen-bond donors (Lipinski definition) is 2. The molecular formula is C22H30N2O5. The van der Waals surface area contributed by atoms with E-state index in [0.717, 1.165) is 41.7 Å². The monoisotopic (exact) mass is 402 g/mol. The van der Waals surface area contributed by atoms with Gasteiger partial charge in [-0.3, -0.25) is 14.5 Å². The molecule has 1 unspecified atom stereocenters. The fourth-order valence-corrected chi connectivity index (χ4v) is 3.04. The fraction of sp³-hybridized carbons (Fsp3) is 0.500. The van der Waals surface area contributed by atoms with Crippen LogP contribution in [0.2, 0.25) is 0 Å². The molecule has 7 nitrogen and oxygen atoms in total. The van der Waals surface area contributed by atoms with Gasteiger partial charge in [-0.25, -0.2) is 4.79 Å². The molecule has 1 saturated heterocycles. The molecule has 1 aromatic carbocycles. The topological polar surface area (TPSA) is 95.9 Å². The van der Waals surface area contributed by atoms with Gasteiger partial charge in [0.2, 0.25) is 0 Å². The third kappa shape index (κ3) is 6.71. The number of hydrogen-bond acceptors (Lipinski definition) is 5. The van der Waals surface area contributed by atoms with Gasteiger partial charge in [0.1, 0.15) is 5.70 Å². The second-order valence-electron chi connectivity index (χ2n) is 7.19. The summed E-state index contributed by atoms with van der Waals surface area (Å²) in [6.45, 7) is 4.50. The lowest BCUT2D eigenvalue weighted by Crippen LogP contribution is -2.33. The van der Waals surface area contributed by atoms with Crippen molar-refractivity contribution >= 4 is 24.0 Å². The Morgan fingerprint density at radius 1 is 1.24 bits per heavy atom. The highest BCUT2D eigenvalue weighted by molar-refractivity contribution is 6.14. The Morgan fingerprint density at radius 2 is 1.97 bits per heavy atom. The van der Waals surface area contributed by atoms with Crippen molar-refractivity contribution in [3.05, 3.63) is 41.1 Å². The number of nitrogens with zero attached hydrogens (tertiary/aromatic N) is 1. The molecule has 2 N–H and O–H groups in total. The van der Waals surface area contributed by atoms with Crippen molar-refractivity contribution in [1.29, 1.82) is 0 Å². The summed E-state index contributed by atoms with van der Waals surface area (Å²) in [5.41, 5.74) is 1.64. The third-order valence-corrected chi connectivity index (χ3v) is 5.00. The number of carbonyl (C=O) groups excluding carboxylic acids is 3. The van der Waals surface area contributed by atoms with Crippen molar-refractivity contribution in [1.82, 2.24) is 10.2 Å². The van der Waals surface area contributed by atoms with Crippen LogP contribution in [-0.4, -0.2) is 41.1 Å². The summed E-state index contributed by atoms with van der Waals surface area (Å²) < 4.78 is 5.32. The Balaban J connectivity index is 1.86. The van der Waals surface area contributed by atoms with Crippen LogP contribution in [0.25, 0.3) is 6.08 Å². The lowest BCUT2D eigenvalue weighted by Gasteiger charge is -2.15. The smallest absolute Gasteiger partial charge is 0.329 e. The highest BCUT2D eigenvalue weighted by Crippen LogP contribution is 2.16. The summed E-state index contributed by atoms with van der Waals surface area (Å²) in [6, 6.07) is 6.44. The Hall–Kier alpha value is -2.67. The van der Waals surface area contributed by atoms with Crippen LogP contribution >= 0.6 is 0 Å². The summed E-state index contributed by atoms with van der Waals surface area (Å²) in [6.07, 6.45) is 5.74. The molecule has 1 aliphatic heterocycles. The molecule has 0 aromatic heterocycles. The number of nitrogens with one attached hydrogen (secondary N) is 1. The number of urea groups is 1.